The molecule has 1 rings (SSSR count). The third kappa shape index (κ3) is 3.22. The number of rotatable bonds is 6. The van der Waals surface area contributed by atoms with E-state index in [1.54, 1.807) is 31.4 Å². The SMILES string of the molecule is C=CCOCc1cc(C=O)ccc1OC. The summed E-state index contributed by atoms with van der Waals surface area (Å²) in [4.78, 5) is 10.6. The lowest BCUT2D eigenvalue weighted by Gasteiger charge is -2.08. The van der Waals surface area contributed by atoms with Gasteiger partial charge in [0.25, 0.3) is 0 Å². The quantitative estimate of drug-likeness (QED) is 0.406. The first-order valence-electron chi connectivity index (χ1n) is 4.62. The Hall–Kier alpha value is -1.61. The standard InChI is InChI=1S/C12H14O3/c1-3-6-15-9-11-7-10(8-13)4-5-12(11)14-2/h3-5,7-8H,1,6,9H2,2H3. The molecule has 3 nitrogen and oxygen atoms in total. The van der Waals surface area contributed by atoms with Crippen LogP contribution in [0.1, 0.15) is 15.9 Å². The van der Waals surface area contributed by atoms with Crippen molar-refractivity contribution in [2.75, 3.05) is 13.7 Å². The van der Waals surface area contributed by atoms with Crippen LogP contribution in [0.15, 0.2) is 30.9 Å². The fourth-order valence-corrected chi connectivity index (χ4v) is 1.24. The molecule has 0 bridgehead atoms. The van der Waals surface area contributed by atoms with Crippen LogP contribution in [0.3, 0.4) is 0 Å². The van der Waals surface area contributed by atoms with Gasteiger partial charge in [-0.25, -0.2) is 0 Å². The molecule has 0 aliphatic heterocycles. The molecule has 0 saturated carbocycles. The predicted molar refractivity (Wildman–Crippen MR) is 58.2 cm³/mol. The molecule has 0 aliphatic rings. The summed E-state index contributed by atoms with van der Waals surface area (Å²) in [5, 5.41) is 0. The summed E-state index contributed by atoms with van der Waals surface area (Å²) in [6.45, 7) is 4.45. The maximum absolute atomic E-state index is 10.6. The second-order valence-electron chi connectivity index (χ2n) is 2.99. The molecule has 80 valence electrons. The molecule has 0 N–H and O–H groups in total. The molecule has 1 aromatic carbocycles. The average Bonchev–Trinajstić information content (AvgIpc) is 2.29. The number of hydrogen-bond donors (Lipinski definition) is 0. The Morgan fingerprint density at radius 2 is 2.27 bits per heavy atom. The molecule has 0 aromatic heterocycles. The molecule has 0 fully saturated rings. The zero-order chi connectivity index (χ0) is 11.1. The van der Waals surface area contributed by atoms with E-state index in [-0.39, 0.29) is 0 Å². The van der Waals surface area contributed by atoms with Crippen LogP contribution in [0.25, 0.3) is 0 Å². The zero-order valence-corrected chi connectivity index (χ0v) is 8.73. The monoisotopic (exact) mass is 206 g/mol. The van der Waals surface area contributed by atoms with Gasteiger partial charge in [0, 0.05) is 11.1 Å². The van der Waals surface area contributed by atoms with Crippen LogP contribution in [0, 0.1) is 0 Å². The first-order valence-corrected chi connectivity index (χ1v) is 4.62. The molecule has 0 saturated heterocycles. The minimum atomic E-state index is 0.414. The second-order valence-corrected chi connectivity index (χ2v) is 2.99. The molecule has 3 heteroatoms. The summed E-state index contributed by atoms with van der Waals surface area (Å²) in [6.07, 6.45) is 2.48. The largest absolute Gasteiger partial charge is 0.496 e. The Kier molecular flexibility index (Phi) is 4.57. The molecule has 0 radical (unpaired) electrons. The highest BCUT2D eigenvalue weighted by molar-refractivity contribution is 5.75. The van der Waals surface area contributed by atoms with Gasteiger partial charge in [0.1, 0.15) is 12.0 Å². The molecule has 1 aromatic rings. The maximum Gasteiger partial charge on any atom is 0.150 e. The van der Waals surface area contributed by atoms with Gasteiger partial charge >= 0.3 is 0 Å². The molecule has 0 spiro atoms. The summed E-state index contributed by atoms with van der Waals surface area (Å²) >= 11 is 0. The van der Waals surface area contributed by atoms with E-state index in [9.17, 15) is 4.79 Å². The van der Waals surface area contributed by atoms with E-state index in [0.717, 1.165) is 17.6 Å². The number of aldehydes is 1. The molecule has 0 atom stereocenters. The van der Waals surface area contributed by atoms with Crippen LogP contribution < -0.4 is 4.74 Å². The highest BCUT2D eigenvalue weighted by Crippen LogP contribution is 2.20. The van der Waals surface area contributed by atoms with Gasteiger partial charge in [-0.3, -0.25) is 4.79 Å². The summed E-state index contributed by atoms with van der Waals surface area (Å²) in [5.74, 6) is 0.727. The van der Waals surface area contributed by atoms with Crippen molar-refractivity contribution in [3.8, 4) is 5.75 Å². The van der Waals surface area contributed by atoms with Gasteiger partial charge in [-0.1, -0.05) is 6.08 Å². The Morgan fingerprint density at radius 1 is 1.47 bits per heavy atom. The molecule has 0 aliphatic carbocycles. The first-order chi connectivity index (χ1) is 7.31. The predicted octanol–water partition coefficient (Wildman–Crippen LogP) is 2.21. The number of benzene rings is 1. The lowest BCUT2D eigenvalue weighted by atomic mass is 10.1. The second kappa shape index (κ2) is 5.98. The maximum atomic E-state index is 10.6. The van der Waals surface area contributed by atoms with Gasteiger partial charge in [0.15, 0.2) is 0 Å². The van der Waals surface area contributed by atoms with Crippen molar-refractivity contribution in [1.82, 2.24) is 0 Å². The Bertz CT molecular complexity index is 345. The van der Waals surface area contributed by atoms with Crippen LogP contribution in [-0.4, -0.2) is 20.0 Å². The molecule has 0 heterocycles. The van der Waals surface area contributed by atoms with E-state index in [2.05, 4.69) is 6.58 Å². The van der Waals surface area contributed by atoms with Gasteiger partial charge in [0.2, 0.25) is 0 Å². The van der Waals surface area contributed by atoms with Gasteiger partial charge in [-0.2, -0.15) is 0 Å². The highest BCUT2D eigenvalue weighted by Gasteiger charge is 2.03. The van der Waals surface area contributed by atoms with E-state index in [1.165, 1.54) is 0 Å². The summed E-state index contributed by atoms with van der Waals surface area (Å²) in [6, 6.07) is 5.23. The summed E-state index contributed by atoms with van der Waals surface area (Å²) in [7, 11) is 1.59. The number of hydrogen-bond acceptors (Lipinski definition) is 3. The third-order valence-corrected chi connectivity index (χ3v) is 1.93. The van der Waals surface area contributed by atoms with Crippen molar-refractivity contribution in [1.29, 1.82) is 0 Å². The smallest absolute Gasteiger partial charge is 0.150 e. The van der Waals surface area contributed by atoms with E-state index in [4.69, 9.17) is 9.47 Å². The van der Waals surface area contributed by atoms with Crippen molar-refractivity contribution in [2.24, 2.45) is 0 Å². The van der Waals surface area contributed by atoms with E-state index in [0.29, 0.717) is 18.8 Å². The minimum Gasteiger partial charge on any atom is -0.496 e. The normalized spacial score (nSPS) is 9.67. The fraction of sp³-hybridized carbons (Fsp3) is 0.250. The molecular weight excluding hydrogens is 192 g/mol. The van der Waals surface area contributed by atoms with Crippen LogP contribution in [0.5, 0.6) is 5.75 Å². The molecule has 0 amide bonds. The number of carbonyl (C=O) groups excluding carboxylic acids is 1. The highest BCUT2D eigenvalue weighted by atomic mass is 16.5. The fourth-order valence-electron chi connectivity index (χ4n) is 1.24. The van der Waals surface area contributed by atoms with E-state index in [1.807, 2.05) is 0 Å². The van der Waals surface area contributed by atoms with Gasteiger partial charge in [0.05, 0.1) is 20.3 Å². The van der Waals surface area contributed by atoms with Crippen molar-refractivity contribution < 1.29 is 14.3 Å². The summed E-state index contributed by atoms with van der Waals surface area (Å²) in [5.41, 5.74) is 1.48. The molecular formula is C12H14O3. The van der Waals surface area contributed by atoms with Crippen molar-refractivity contribution in [3.05, 3.63) is 42.0 Å². The topological polar surface area (TPSA) is 35.5 Å². The first kappa shape index (κ1) is 11.5. The molecule has 15 heavy (non-hydrogen) atoms. The van der Waals surface area contributed by atoms with Gasteiger partial charge in [-0.05, 0) is 18.2 Å². The number of carbonyl (C=O) groups is 1. The minimum absolute atomic E-state index is 0.414. The van der Waals surface area contributed by atoms with E-state index >= 15 is 0 Å². The van der Waals surface area contributed by atoms with Gasteiger partial charge < -0.3 is 9.47 Å². The van der Waals surface area contributed by atoms with Gasteiger partial charge in [-0.15, -0.1) is 6.58 Å². The number of methoxy groups -OCH3 is 1. The lowest BCUT2D eigenvalue weighted by molar-refractivity contribution is 0.112. The van der Waals surface area contributed by atoms with Crippen molar-refractivity contribution in [2.45, 2.75) is 6.61 Å². The third-order valence-electron chi connectivity index (χ3n) is 1.93. The van der Waals surface area contributed by atoms with Crippen LogP contribution in [0.4, 0.5) is 0 Å². The Balaban J connectivity index is 2.80. The summed E-state index contributed by atoms with van der Waals surface area (Å²) < 4.78 is 10.5. The molecule has 0 unspecified atom stereocenters. The lowest BCUT2D eigenvalue weighted by Crippen LogP contribution is -1.97. The van der Waals surface area contributed by atoms with E-state index < -0.39 is 0 Å². The van der Waals surface area contributed by atoms with Crippen LogP contribution >= 0.6 is 0 Å². The number of ether oxygens (including phenoxy) is 2. The van der Waals surface area contributed by atoms with Crippen molar-refractivity contribution >= 4 is 6.29 Å². The van der Waals surface area contributed by atoms with Crippen LogP contribution in [0.2, 0.25) is 0 Å². The zero-order valence-electron chi connectivity index (χ0n) is 8.73. The Labute approximate surface area is 89.3 Å². The Morgan fingerprint density at radius 3 is 2.87 bits per heavy atom. The average molecular weight is 206 g/mol. The van der Waals surface area contributed by atoms with Crippen molar-refractivity contribution in [3.63, 3.8) is 0 Å². The van der Waals surface area contributed by atoms with Crippen LogP contribution in [-0.2, 0) is 11.3 Å².